The van der Waals surface area contributed by atoms with Crippen molar-refractivity contribution in [2.45, 2.75) is 25.7 Å². The topological polar surface area (TPSA) is 131 Å². The molecule has 0 unspecified atom stereocenters. The minimum Gasteiger partial charge on any atom is -0.399 e. The molecule has 1 aromatic carbocycles. The number of benzene rings is 1. The number of aryl methyl sites for hydroxylation is 1. The van der Waals surface area contributed by atoms with Crippen molar-refractivity contribution < 1.29 is 0 Å². The molecule has 0 saturated heterocycles. The lowest BCUT2D eigenvalue weighted by molar-refractivity contribution is 0.936. The molecule has 1 saturated carbocycles. The molecule has 7 heteroatoms. The molecule has 2 heterocycles. The Morgan fingerprint density at radius 1 is 1.12 bits per heavy atom. The van der Waals surface area contributed by atoms with Crippen molar-refractivity contribution in [3.63, 3.8) is 0 Å². The number of nitrogens with zero attached hydrogens (tertiary/aromatic N) is 4. The van der Waals surface area contributed by atoms with Gasteiger partial charge in [-0.05, 0) is 37.5 Å². The zero-order chi connectivity index (χ0) is 16.0. The molecule has 1 aliphatic carbocycles. The highest BCUT2D eigenvalue weighted by atomic mass is 15.2. The summed E-state index contributed by atoms with van der Waals surface area (Å²) in [5.74, 6) is 2.36. The average Bonchev–Trinajstić information content (AvgIpc) is 3.26. The van der Waals surface area contributed by atoms with Crippen molar-refractivity contribution in [3.05, 3.63) is 47.9 Å². The standard InChI is InChI=1S/C17H18N6.H3N/c1-10-2-5-12(18)8-13(10)16-20-6-7-23(16)15-9-14(11-3-4-11)21-17(19)22-15;/h2,5-9,11H,3-4,18H2,1H3,(H2,19,21,22);1H3. The van der Waals surface area contributed by atoms with Gasteiger partial charge >= 0.3 is 0 Å². The van der Waals surface area contributed by atoms with Crippen LogP contribution in [0.25, 0.3) is 17.2 Å². The van der Waals surface area contributed by atoms with E-state index in [9.17, 15) is 0 Å². The molecule has 24 heavy (non-hydrogen) atoms. The van der Waals surface area contributed by atoms with E-state index in [0.717, 1.165) is 28.5 Å². The summed E-state index contributed by atoms with van der Waals surface area (Å²) in [4.78, 5) is 13.2. The minimum atomic E-state index is 0. The molecule has 0 atom stereocenters. The summed E-state index contributed by atoms with van der Waals surface area (Å²) < 4.78 is 1.94. The van der Waals surface area contributed by atoms with E-state index in [4.69, 9.17) is 11.5 Å². The molecule has 3 aromatic rings. The van der Waals surface area contributed by atoms with Crippen LogP contribution in [0.1, 0.15) is 30.0 Å². The third-order valence-corrected chi connectivity index (χ3v) is 4.14. The Hall–Kier alpha value is -2.93. The summed E-state index contributed by atoms with van der Waals surface area (Å²) in [6, 6.07) is 7.81. The van der Waals surface area contributed by atoms with E-state index in [-0.39, 0.29) is 6.15 Å². The average molecular weight is 323 g/mol. The second kappa shape index (κ2) is 5.93. The first-order valence-corrected chi connectivity index (χ1v) is 7.66. The third kappa shape index (κ3) is 2.81. The summed E-state index contributed by atoms with van der Waals surface area (Å²) in [6.45, 7) is 2.04. The van der Waals surface area contributed by atoms with E-state index in [0.29, 0.717) is 17.6 Å². The van der Waals surface area contributed by atoms with Crippen LogP contribution in [0.3, 0.4) is 0 Å². The molecule has 0 spiro atoms. The van der Waals surface area contributed by atoms with Crippen LogP contribution in [0.15, 0.2) is 36.7 Å². The highest BCUT2D eigenvalue weighted by Gasteiger charge is 2.26. The van der Waals surface area contributed by atoms with Crippen molar-refractivity contribution in [1.82, 2.24) is 25.7 Å². The van der Waals surface area contributed by atoms with Crippen LogP contribution in [-0.2, 0) is 0 Å². The van der Waals surface area contributed by atoms with E-state index in [1.807, 2.05) is 42.0 Å². The van der Waals surface area contributed by atoms with Gasteiger partial charge in [0.15, 0.2) is 0 Å². The number of nitrogens with two attached hydrogens (primary N) is 2. The minimum absolute atomic E-state index is 0. The highest BCUT2D eigenvalue weighted by Crippen LogP contribution is 2.39. The van der Waals surface area contributed by atoms with Crippen LogP contribution in [0.4, 0.5) is 11.6 Å². The number of aromatic nitrogens is 4. The van der Waals surface area contributed by atoms with Gasteiger partial charge in [0.1, 0.15) is 11.6 Å². The summed E-state index contributed by atoms with van der Waals surface area (Å²) >= 11 is 0. The Morgan fingerprint density at radius 2 is 1.92 bits per heavy atom. The monoisotopic (exact) mass is 323 g/mol. The molecular weight excluding hydrogens is 302 g/mol. The van der Waals surface area contributed by atoms with Crippen molar-refractivity contribution in [2.24, 2.45) is 0 Å². The van der Waals surface area contributed by atoms with Gasteiger partial charge in [-0.15, -0.1) is 0 Å². The second-order valence-corrected chi connectivity index (χ2v) is 5.98. The zero-order valence-corrected chi connectivity index (χ0v) is 13.6. The molecule has 2 aromatic heterocycles. The first-order valence-electron chi connectivity index (χ1n) is 7.66. The molecule has 4 rings (SSSR count). The molecular formula is C17H21N7. The summed E-state index contributed by atoms with van der Waals surface area (Å²) in [5.41, 5.74) is 15.6. The van der Waals surface area contributed by atoms with Crippen molar-refractivity contribution >= 4 is 11.6 Å². The van der Waals surface area contributed by atoms with Gasteiger partial charge in [0.2, 0.25) is 5.95 Å². The maximum atomic E-state index is 5.94. The molecule has 1 aliphatic rings. The fourth-order valence-electron chi connectivity index (χ4n) is 2.75. The van der Waals surface area contributed by atoms with Crippen molar-refractivity contribution in [1.29, 1.82) is 0 Å². The molecule has 7 N–H and O–H groups in total. The van der Waals surface area contributed by atoms with Crippen LogP contribution >= 0.6 is 0 Å². The van der Waals surface area contributed by atoms with Crippen LogP contribution in [0.2, 0.25) is 0 Å². The lowest BCUT2D eigenvalue weighted by Crippen LogP contribution is -2.06. The van der Waals surface area contributed by atoms with Gasteiger partial charge in [0, 0.05) is 35.6 Å². The number of nitrogen functional groups attached to an aromatic ring is 2. The smallest absolute Gasteiger partial charge is 0.222 e. The van der Waals surface area contributed by atoms with E-state index in [1.165, 1.54) is 12.8 Å². The summed E-state index contributed by atoms with van der Waals surface area (Å²) in [7, 11) is 0. The molecule has 0 amide bonds. The summed E-state index contributed by atoms with van der Waals surface area (Å²) in [6.07, 6.45) is 5.98. The van der Waals surface area contributed by atoms with Crippen molar-refractivity contribution in [3.8, 4) is 17.2 Å². The zero-order valence-electron chi connectivity index (χ0n) is 13.6. The summed E-state index contributed by atoms with van der Waals surface area (Å²) in [5, 5.41) is 0. The molecule has 1 fully saturated rings. The maximum absolute atomic E-state index is 5.94. The van der Waals surface area contributed by atoms with Gasteiger partial charge in [0.25, 0.3) is 0 Å². The highest BCUT2D eigenvalue weighted by molar-refractivity contribution is 5.67. The quantitative estimate of drug-likeness (QED) is 0.635. The van der Waals surface area contributed by atoms with Gasteiger partial charge in [-0.2, -0.15) is 4.98 Å². The van der Waals surface area contributed by atoms with Crippen LogP contribution < -0.4 is 17.6 Å². The van der Waals surface area contributed by atoms with Crippen LogP contribution in [0.5, 0.6) is 0 Å². The Balaban J connectivity index is 0.00000169. The Labute approximate surface area is 140 Å². The molecule has 7 nitrogen and oxygen atoms in total. The first kappa shape index (κ1) is 15.9. The van der Waals surface area contributed by atoms with Crippen LogP contribution in [0, 0.1) is 6.92 Å². The Bertz CT molecular complexity index is 880. The molecule has 0 aliphatic heterocycles. The van der Waals surface area contributed by atoms with E-state index in [2.05, 4.69) is 15.0 Å². The predicted molar refractivity (Wildman–Crippen MR) is 95.1 cm³/mol. The van der Waals surface area contributed by atoms with Gasteiger partial charge in [-0.25, -0.2) is 9.97 Å². The maximum Gasteiger partial charge on any atom is 0.222 e. The lowest BCUT2D eigenvalue weighted by atomic mass is 10.1. The molecule has 124 valence electrons. The van der Waals surface area contributed by atoms with Gasteiger partial charge in [-0.3, -0.25) is 4.57 Å². The van der Waals surface area contributed by atoms with E-state index >= 15 is 0 Å². The Kier molecular flexibility index (Phi) is 3.94. The number of imidazole rings is 1. The SMILES string of the molecule is Cc1ccc(N)cc1-c1nccn1-c1cc(C2CC2)nc(N)n1.N. The largest absolute Gasteiger partial charge is 0.399 e. The van der Waals surface area contributed by atoms with Gasteiger partial charge in [0.05, 0.1) is 5.69 Å². The number of hydrogen-bond donors (Lipinski definition) is 3. The lowest BCUT2D eigenvalue weighted by Gasteiger charge is -2.11. The second-order valence-electron chi connectivity index (χ2n) is 5.98. The first-order chi connectivity index (χ1) is 11.1. The van der Waals surface area contributed by atoms with Gasteiger partial charge in [-0.1, -0.05) is 6.07 Å². The predicted octanol–water partition coefficient (Wildman–Crippen LogP) is 2.84. The fraction of sp³-hybridized carbons (Fsp3) is 0.235. The van der Waals surface area contributed by atoms with Gasteiger partial charge < -0.3 is 17.6 Å². The number of rotatable bonds is 3. The molecule has 0 radical (unpaired) electrons. The van der Waals surface area contributed by atoms with Crippen molar-refractivity contribution in [2.75, 3.05) is 11.5 Å². The van der Waals surface area contributed by atoms with Crippen LogP contribution in [-0.4, -0.2) is 19.5 Å². The third-order valence-electron chi connectivity index (χ3n) is 4.14. The normalized spacial score (nSPS) is 13.5. The Morgan fingerprint density at radius 3 is 2.67 bits per heavy atom. The van der Waals surface area contributed by atoms with E-state index in [1.54, 1.807) is 6.20 Å². The molecule has 0 bridgehead atoms. The fourth-order valence-corrected chi connectivity index (χ4v) is 2.75. The number of hydrogen-bond acceptors (Lipinski definition) is 6. The van der Waals surface area contributed by atoms with E-state index < -0.39 is 0 Å². The number of anilines is 2.